The van der Waals surface area contributed by atoms with Crippen molar-refractivity contribution in [3.63, 3.8) is 0 Å². The lowest BCUT2D eigenvalue weighted by molar-refractivity contribution is -0.360. The number of carbonyl (C=O) groups excluding carboxylic acids is 4. The van der Waals surface area contributed by atoms with Crippen molar-refractivity contribution in [1.29, 1.82) is 0 Å². The van der Waals surface area contributed by atoms with Gasteiger partial charge in [-0.05, 0) is 12.8 Å². The summed E-state index contributed by atoms with van der Waals surface area (Å²) in [6.45, 7) is 3.36. The fourth-order valence-corrected chi connectivity index (χ4v) is 6.34. The largest absolute Gasteiger partial charge is 0.479 e. The standard InChI is InChI=1S/C36H60O18/c1-21(38)48-20-27-30(54-36-33(51-24(4)41)32(50-23(3)40)31(49-22(2)39)26(19-37)52-36)28(43)29(44)35(53-27)47-18-16-14-12-10-8-6-5-7-9-11-13-15-17-25(42)34(45)46/h25-33,35-37,42-44H,5-20H2,1-4H3,(H,45,46). The van der Waals surface area contributed by atoms with E-state index in [1.165, 1.54) is 0 Å². The van der Waals surface area contributed by atoms with Crippen LogP contribution in [0.3, 0.4) is 0 Å². The molecule has 2 fully saturated rings. The summed E-state index contributed by atoms with van der Waals surface area (Å²) in [7, 11) is 0. The number of aliphatic hydroxyl groups is 4. The van der Waals surface area contributed by atoms with Crippen molar-refractivity contribution in [2.75, 3.05) is 19.8 Å². The molecular formula is C36H60O18. The maximum Gasteiger partial charge on any atom is 0.332 e. The molecule has 2 aliphatic heterocycles. The highest BCUT2D eigenvalue weighted by Gasteiger charge is 2.55. The lowest BCUT2D eigenvalue weighted by Crippen LogP contribution is -2.66. The van der Waals surface area contributed by atoms with Crippen molar-refractivity contribution >= 4 is 29.8 Å². The molecule has 0 aromatic rings. The molecule has 0 bridgehead atoms. The molecule has 0 aromatic carbocycles. The summed E-state index contributed by atoms with van der Waals surface area (Å²) in [6, 6.07) is 0. The van der Waals surface area contributed by atoms with E-state index in [4.69, 9.17) is 43.0 Å². The zero-order valence-electron chi connectivity index (χ0n) is 31.7. The Morgan fingerprint density at radius 3 is 1.57 bits per heavy atom. The van der Waals surface area contributed by atoms with E-state index in [9.17, 15) is 44.4 Å². The van der Waals surface area contributed by atoms with E-state index >= 15 is 0 Å². The van der Waals surface area contributed by atoms with Gasteiger partial charge in [-0.3, -0.25) is 19.2 Å². The number of carbonyl (C=O) groups is 5. The van der Waals surface area contributed by atoms with Crippen LogP contribution in [0, 0.1) is 0 Å². The second kappa shape index (κ2) is 25.2. The second-order valence-electron chi connectivity index (χ2n) is 13.6. The summed E-state index contributed by atoms with van der Waals surface area (Å²) in [5, 5.41) is 50.3. The fraction of sp³-hybridized carbons (Fsp3) is 0.861. The van der Waals surface area contributed by atoms with Crippen LogP contribution in [-0.2, 0) is 61.9 Å². The molecule has 0 aliphatic carbocycles. The van der Waals surface area contributed by atoms with Gasteiger partial charge in [-0.15, -0.1) is 0 Å². The molecule has 0 aromatic heterocycles. The summed E-state index contributed by atoms with van der Waals surface area (Å²) in [6.07, 6.45) is -4.26. The fourth-order valence-electron chi connectivity index (χ4n) is 6.34. The molecule has 312 valence electrons. The average molecular weight is 781 g/mol. The Bertz CT molecular complexity index is 1150. The smallest absolute Gasteiger partial charge is 0.332 e. The molecule has 0 saturated carbocycles. The number of esters is 4. The Labute approximate surface area is 315 Å². The minimum atomic E-state index is -1.72. The van der Waals surface area contributed by atoms with Crippen molar-refractivity contribution in [3.8, 4) is 0 Å². The van der Waals surface area contributed by atoms with Gasteiger partial charge in [0, 0.05) is 34.3 Å². The van der Waals surface area contributed by atoms with Crippen LogP contribution in [0.25, 0.3) is 0 Å². The molecule has 5 N–H and O–H groups in total. The van der Waals surface area contributed by atoms with E-state index in [1.54, 1.807) is 0 Å². The van der Waals surface area contributed by atoms with Gasteiger partial charge in [0.15, 0.2) is 37.0 Å². The number of aliphatic carboxylic acids is 1. The van der Waals surface area contributed by atoms with E-state index in [-0.39, 0.29) is 13.0 Å². The molecule has 2 saturated heterocycles. The third kappa shape index (κ3) is 16.8. The van der Waals surface area contributed by atoms with Crippen LogP contribution in [0.15, 0.2) is 0 Å². The quantitative estimate of drug-likeness (QED) is 0.0498. The first kappa shape index (κ1) is 47.2. The zero-order valence-corrected chi connectivity index (χ0v) is 31.7. The molecule has 0 radical (unpaired) electrons. The first-order chi connectivity index (χ1) is 25.7. The third-order valence-corrected chi connectivity index (χ3v) is 9.00. The van der Waals surface area contributed by atoms with Crippen molar-refractivity contribution in [2.45, 2.75) is 179 Å². The van der Waals surface area contributed by atoms with Gasteiger partial charge in [0.2, 0.25) is 0 Å². The maximum absolute atomic E-state index is 12.1. The van der Waals surface area contributed by atoms with E-state index in [0.717, 1.165) is 91.9 Å². The summed E-state index contributed by atoms with van der Waals surface area (Å²) in [5.41, 5.74) is 0. The Balaban J connectivity index is 1.91. The van der Waals surface area contributed by atoms with Crippen molar-refractivity contribution in [2.24, 2.45) is 0 Å². The molecule has 2 heterocycles. The summed E-state index contributed by atoms with van der Waals surface area (Å²) >= 11 is 0. The van der Waals surface area contributed by atoms with Gasteiger partial charge < -0.3 is 63.4 Å². The van der Waals surface area contributed by atoms with Gasteiger partial charge in [0.25, 0.3) is 0 Å². The minimum absolute atomic E-state index is 0.198. The molecule has 54 heavy (non-hydrogen) atoms. The van der Waals surface area contributed by atoms with Gasteiger partial charge in [-0.1, -0.05) is 70.6 Å². The predicted octanol–water partition coefficient (Wildman–Crippen LogP) is 1.43. The summed E-state index contributed by atoms with van der Waals surface area (Å²) in [5.74, 6) is -4.35. The number of unbranched alkanes of at least 4 members (excludes halogenated alkanes) is 11. The van der Waals surface area contributed by atoms with Gasteiger partial charge in [0.1, 0.15) is 37.1 Å². The minimum Gasteiger partial charge on any atom is -0.479 e. The van der Waals surface area contributed by atoms with Crippen LogP contribution in [0.5, 0.6) is 0 Å². The molecular weight excluding hydrogens is 720 g/mol. The predicted molar refractivity (Wildman–Crippen MR) is 184 cm³/mol. The molecule has 18 nitrogen and oxygen atoms in total. The first-order valence-electron chi connectivity index (χ1n) is 18.8. The summed E-state index contributed by atoms with van der Waals surface area (Å²) < 4.78 is 44.6. The molecule has 11 atom stereocenters. The second-order valence-corrected chi connectivity index (χ2v) is 13.6. The average Bonchev–Trinajstić information content (AvgIpc) is 3.10. The Morgan fingerprint density at radius 1 is 0.593 bits per heavy atom. The van der Waals surface area contributed by atoms with Gasteiger partial charge in [0.05, 0.1) is 6.61 Å². The highest BCUT2D eigenvalue weighted by Crippen LogP contribution is 2.33. The number of ether oxygens (including phenoxy) is 8. The van der Waals surface area contributed by atoms with Crippen LogP contribution in [0.2, 0.25) is 0 Å². The third-order valence-electron chi connectivity index (χ3n) is 9.00. The van der Waals surface area contributed by atoms with E-state index in [2.05, 4.69) is 0 Å². The topological polar surface area (TPSA) is 260 Å². The lowest BCUT2D eigenvalue weighted by atomic mass is 9.96. The Hall–Kier alpha value is -2.97. The highest BCUT2D eigenvalue weighted by atomic mass is 16.8. The molecule has 0 amide bonds. The number of rotatable bonds is 25. The van der Waals surface area contributed by atoms with E-state index in [1.807, 2.05) is 0 Å². The van der Waals surface area contributed by atoms with E-state index < -0.39 is 111 Å². The molecule has 0 spiro atoms. The van der Waals surface area contributed by atoms with Gasteiger partial charge in [-0.25, -0.2) is 4.79 Å². The number of carboxylic acids is 1. The Morgan fingerprint density at radius 2 is 1.07 bits per heavy atom. The van der Waals surface area contributed by atoms with Crippen molar-refractivity contribution < 1.29 is 87.4 Å². The maximum atomic E-state index is 12.1. The summed E-state index contributed by atoms with van der Waals surface area (Å²) in [4.78, 5) is 58.4. The lowest BCUT2D eigenvalue weighted by Gasteiger charge is -2.47. The first-order valence-corrected chi connectivity index (χ1v) is 18.8. The SMILES string of the molecule is CC(=O)OCC1OC(OCCCCCCCCCCCCCCC(O)C(=O)O)C(O)C(O)C1OC1OC(CO)C(OC(C)=O)C(OC(C)=O)C1OC(C)=O. The number of carboxylic acid groups (broad SMARTS) is 1. The molecule has 2 aliphatic rings. The molecule has 11 unspecified atom stereocenters. The van der Waals surface area contributed by atoms with Crippen molar-refractivity contribution in [1.82, 2.24) is 0 Å². The number of aliphatic hydroxyl groups excluding tert-OH is 4. The molecule has 2 rings (SSSR count). The van der Waals surface area contributed by atoms with Crippen LogP contribution in [0.1, 0.15) is 111 Å². The number of hydrogen-bond donors (Lipinski definition) is 5. The van der Waals surface area contributed by atoms with Gasteiger partial charge in [-0.2, -0.15) is 0 Å². The Kier molecular flexibility index (Phi) is 22.1. The number of hydrogen-bond acceptors (Lipinski definition) is 17. The normalized spacial score (nSPS) is 28.8. The van der Waals surface area contributed by atoms with Crippen LogP contribution >= 0.6 is 0 Å². The van der Waals surface area contributed by atoms with Crippen LogP contribution in [0.4, 0.5) is 0 Å². The monoisotopic (exact) mass is 780 g/mol. The van der Waals surface area contributed by atoms with Crippen LogP contribution in [-0.4, -0.2) is 143 Å². The zero-order chi connectivity index (χ0) is 40.2. The molecule has 18 heteroatoms. The highest BCUT2D eigenvalue weighted by molar-refractivity contribution is 5.71. The van der Waals surface area contributed by atoms with Gasteiger partial charge >= 0.3 is 29.8 Å². The van der Waals surface area contributed by atoms with Crippen molar-refractivity contribution in [3.05, 3.63) is 0 Å². The van der Waals surface area contributed by atoms with E-state index in [0.29, 0.717) is 12.8 Å². The van der Waals surface area contributed by atoms with Crippen LogP contribution < -0.4 is 0 Å².